The fraction of sp³-hybridized carbons (Fsp3) is 0.167. The largest absolute Gasteiger partial charge is 0.480 e. The molecule has 0 aliphatic carbocycles. The van der Waals surface area contributed by atoms with Crippen molar-refractivity contribution in [2.75, 3.05) is 7.11 Å². The molecule has 0 amide bonds. The number of hydrogen-bond donors (Lipinski definition) is 1. The Bertz CT molecular complexity index is 417. The fourth-order valence-corrected chi connectivity index (χ4v) is 1.51. The van der Waals surface area contributed by atoms with E-state index in [4.69, 9.17) is 9.29 Å². The third-order valence-corrected chi connectivity index (χ3v) is 2.61. The van der Waals surface area contributed by atoms with Gasteiger partial charge in [-0.25, -0.2) is 0 Å². The van der Waals surface area contributed by atoms with E-state index in [0.29, 0.717) is 4.47 Å². The fourth-order valence-electron chi connectivity index (χ4n) is 0.693. The van der Waals surface area contributed by atoms with Crippen LogP contribution in [0.3, 0.4) is 0 Å². The number of nitrogens with zero attached hydrogens (tertiary/aromatic N) is 1. The number of rotatable bonds is 2. The van der Waals surface area contributed by atoms with E-state index in [1.165, 1.54) is 19.2 Å². The predicted octanol–water partition coefficient (Wildman–Crippen LogP) is 1.10. The zero-order valence-corrected chi connectivity index (χ0v) is 8.96. The molecule has 0 aromatic carbocycles. The molecule has 72 valence electrons. The van der Waals surface area contributed by atoms with E-state index in [1.54, 1.807) is 0 Å². The number of hydrogen-bond acceptors (Lipinski definition) is 4. The summed E-state index contributed by atoms with van der Waals surface area (Å²) < 4.78 is 35.2. The van der Waals surface area contributed by atoms with E-state index in [9.17, 15) is 8.42 Å². The van der Waals surface area contributed by atoms with Crippen molar-refractivity contribution >= 4 is 26.0 Å². The molecule has 0 radical (unpaired) electrons. The van der Waals surface area contributed by atoms with E-state index in [0.717, 1.165) is 0 Å². The second-order valence-corrected chi connectivity index (χ2v) is 4.34. The van der Waals surface area contributed by atoms with Gasteiger partial charge in [-0.15, -0.1) is 0 Å². The molecule has 0 bridgehead atoms. The predicted molar refractivity (Wildman–Crippen MR) is 48.3 cm³/mol. The topological polar surface area (TPSA) is 76.5 Å². The molecule has 13 heavy (non-hydrogen) atoms. The van der Waals surface area contributed by atoms with Gasteiger partial charge in [-0.05, 0) is 28.1 Å². The van der Waals surface area contributed by atoms with Crippen LogP contribution < -0.4 is 4.74 Å². The van der Waals surface area contributed by atoms with Crippen molar-refractivity contribution in [1.82, 2.24) is 4.98 Å². The number of methoxy groups -OCH3 is 1. The van der Waals surface area contributed by atoms with Gasteiger partial charge in [0.2, 0.25) is 5.88 Å². The summed E-state index contributed by atoms with van der Waals surface area (Å²) in [5, 5.41) is -0.437. The summed E-state index contributed by atoms with van der Waals surface area (Å²) in [6, 6.07) is 2.59. The molecule has 0 aliphatic rings. The number of halogens is 1. The summed E-state index contributed by atoms with van der Waals surface area (Å²) in [5.41, 5.74) is 0. The van der Waals surface area contributed by atoms with Crippen LogP contribution in [0.4, 0.5) is 0 Å². The van der Waals surface area contributed by atoms with Crippen LogP contribution in [0.15, 0.2) is 21.6 Å². The van der Waals surface area contributed by atoms with E-state index in [2.05, 4.69) is 20.9 Å². The van der Waals surface area contributed by atoms with Gasteiger partial charge in [-0.3, -0.25) is 4.55 Å². The lowest BCUT2D eigenvalue weighted by atomic mass is 10.5. The Morgan fingerprint density at radius 2 is 2.15 bits per heavy atom. The SMILES string of the molecule is COc1nc(S(=O)(=O)O)ccc1Br. The van der Waals surface area contributed by atoms with Gasteiger partial charge < -0.3 is 4.74 Å². The highest BCUT2D eigenvalue weighted by atomic mass is 79.9. The zero-order valence-electron chi connectivity index (χ0n) is 6.56. The Kier molecular flexibility index (Phi) is 2.89. The Balaban J connectivity index is 3.30. The first kappa shape index (κ1) is 10.4. The van der Waals surface area contributed by atoms with Crippen LogP contribution in [0.5, 0.6) is 5.88 Å². The van der Waals surface area contributed by atoms with Crippen molar-refractivity contribution < 1.29 is 17.7 Å². The lowest BCUT2D eigenvalue weighted by molar-refractivity contribution is 0.389. The average Bonchev–Trinajstić information content (AvgIpc) is 2.03. The highest BCUT2D eigenvalue weighted by Gasteiger charge is 2.13. The van der Waals surface area contributed by atoms with Crippen molar-refractivity contribution in [2.45, 2.75) is 5.03 Å². The Morgan fingerprint density at radius 3 is 2.62 bits per heavy atom. The van der Waals surface area contributed by atoms with Crippen molar-refractivity contribution in [3.05, 3.63) is 16.6 Å². The van der Waals surface area contributed by atoms with E-state index in [-0.39, 0.29) is 5.88 Å². The first-order valence-corrected chi connectivity index (χ1v) is 5.36. The summed E-state index contributed by atoms with van der Waals surface area (Å²) in [6.07, 6.45) is 0. The van der Waals surface area contributed by atoms with Gasteiger partial charge in [0.1, 0.15) is 0 Å². The van der Waals surface area contributed by atoms with Crippen LogP contribution in [0, 0.1) is 0 Å². The van der Waals surface area contributed by atoms with Crippen LogP contribution >= 0.6 is 15.9 Å². The second kappa shape index (κ2) is 3.60. The molecule has 1 rings (SSSR count). The van der Waals surface area contributed by atoms with Gasteiger partial charge >= 0.3 is 10.1 Å². The first-order valence-electron chi connectivity index (χ1n) is 3.13. The van der Waals surface area contributed by atoms with Gasteiger partial charge in [-0.1, -0.05) is 0 Å². The minimum absolute atomic E-state index is 0.107. The van der Waals surface area contributed by atoms with Crippen molar-refractivity contribution in [3.63, 3.8) is 0 Å². The molecule has 0 spiro atoms. The van der Waals surface area contributed by atoms with Gasteiger partial charge in [0, 0.05) is 0 Å². The molecule has 1 aromatic rings. The molecule has 0 unspecified atom stereocenters. The maximum absolute atomic E-state index is 10.6. The third kappa shape index (κ3) is 2.39. The Morgan fingerprint density at radius 1 is 1.54 bits per heavy atom. The molecular formula is C6H6BrNO4S. The Labute approximate surface area is 83.6 Å². The molecule has 0 saturated heterocycles. The van der Waals surface area contributed by atoms with Crippen LogP contribution in [0.1, 0.15) is 0 Å². The average molecular weight is 268 g/mol. The molecular weight excluding hydrogens is 262 g/mol. The lowest BCUT2D eigenvalue weighted by Gasteiger charge is -2.02. The standard InChI is InChI=1S/C6H6BrNO4S/c1-12-6-4(7)2-3-5(8-6)13(9,10)11/h2-3H,1H3,(H,9,10,11). The summed E-state index contributed by atoms with van der Waals surface area (Å²) in [4.78, 5) is 3.55. The maximum atomic E-state index is 10.6. The number of aromatic nitrogens is 1. The van der Waals surface area contributed by atoms with Gasteiger partial charge in [0.05, 0.1) is 11.6 Å². The molecule has 0 saturated carbocycles. The summed E-state index contributed by atoms with van der Waals surface area (Å²) in [6.45, 7) is 0. The van der Waals surface area contributed by atoms with Gasteiger partial charge in [0.25, 0.3) is 0 Å². The highest BCUT2D eigenvalue weighted by Crippen LogP contribution is 2.23. The van der Waals surface area contributed by atoms with Crippen LogP contribution in [0.25, 0.3) is 0 Å². The van der Waals surface area contributed by atoms with Gasteiger partial charge in [-0.2, -0.15) is 13.4 Å². The van der Waals surface area contributed by atoms with Crippen molar-refractivity contribution in [2.24, 2.45) is 0 Å². The molecule has 1 heterocycles. The van der Waals surface area contributed by atoms with Crippen LogP contribution in [-0.4, -0.2) is 25.1 Å². The number of ether oxygens (including phenoxy) is 1. The highest BCUT2D eigenvalue weighted by molar-refractivity contribution is 9.10. The molecule has 0 aliphatic heterocycles. The molecule has 0 atom stereocenters. The van der Waals surface area contributed by atoms with Crippen molar-refractivity contribution in [1.29, 1.82) is 0 Å². The summed E-state index contributed by atoms with van der Waals surface area (Å²) in [5.74, 6) is 0.107. The molecule has 0 fully saturated rings. The summed E-state index contributed by atoms with van der Waals surface area (Å²) in [7, 11) is -2.92. The molecule has 1 N–H and O–H groups in total. The minimum atomic E-state index is -4.26. The maximum Gasteiger partial charge on any atom is 0.312 e. The normalized spacial score (nSPS) is 11.3. The molecule has 7 heteroatoms. The molecule has 1 aromatic heterocycles. The van der Waals surface area contributed by atoms with Crippen LogP contribution in [-0.2, 0) is 10.1 Å². The Hall–Kier alpha value is -0.660. The minimum Gasteiger partial charge on any atom is -0.480 e. The smallest absolute Gasteiger partial charge is 0.312 e. The quantitative estimate of drug-likeness (QED) is 0.813. The third-order valence-electron chi connectivity index (χ3n) is 1.25. The zero-order chi connectivity index (χ0) is 10.1. The van der Waals surface area contributed by atoms with Crippen LogP contribution in [0.2, 0.25) is 0 Å². The van der Waals surface area contributed by atoms with Crippen molar-refractivity contribution in [3.8, 4) is 5.88 Å². The van der Waals surface area contributed by atoms with E-state index < -0.39 is 15.1 Å². The monoisotopic (exact) mass is 267 g/mol. The van der Waals surface area contributed by atoms with E-state index >= 15 is 0 Å². The second-order valence-electron chi connectivity index (χ2n) is 2.12. The number of pyridine rings is 1. The van der Waals surface area contributed by atoms with E-state index in [1.807, 2.05) is 0 Å². The molecule has 5 nitrogen and oxygen atoms in total. The first-order chi connectivity index (χ1) is 5.95. The lowest BCUT2D eigenvalue weighted by Crippen LogP contribution is -2.02. The summed E-state index contributed by atoms with van der Waals surface area (Å²) >= 11 is 3.09. The van der Waals surface area contributed by atoms with Gasteiger partial charge in [0.15, 0.2) is 5.03 Å².